The molecule has 1 aliphatic heterocycles. The molecule has 1 fully saturated rings. The maximum absolute atomic E-state index is 11.6. The average molecular weight is 313 g/mol. The Morgan fingerprint density at radius 3 is 2.30 bits per heavy atom. The van der Waals surface area contributed by atoms with Crippen molar-refractivity contribution in [3.63, 3.8) is 0 Å². The van der Waals surface area contributed by atoms with Gasteiger partial charge in [-0.3, -0.25) is 4.79 Å². The van der Waals surface area contributed by atoms with E-state index in [1.807, 2.05) is 18.2 Å². The summed E-state index contributed by atoms with van der Waals surface area (Å²) in [5.74, 6) is -1.27. The Morgan fingerprint density at radius 2 is 1.74 bits per heavy atom. The van der Waals surface area contributed by atoms with Crippen LogP contribution in [0.5, 0.6) is 11.5 Å². The van der Waals surface area contributed by atoms with Crippen LogP contribution in [-0.4, -0.2) is 22.6 Å². The summed E-state index contributed by atoms with van der Waals surface area (Å²) in [6.07, 6.45) is 0. The first-order valence-corrected chi connectivity index (χ1v) is 6.97. The van der Waals surface area contributed by atoms with E-state index in [1.54, 1.807) is 36.4 Å². The highest BCUT2D eigenvalue weighted by Crippen LogP contribution is 2.56. The van der Waals surface area contributed by atoms with Gasteiger partial charge in [0.2, 0.25) is 0 Å². The molecule has 1 saturated heterocycles. The number of hydrogen-bond acceptors (Lipinski definition) is 4. The Balaban J connectivity index is 1.92. The molecule has 3 N–H and O–H groups in total. The summed E-state index contributed by atoms with van der Waals surface area (Å²) in [5, 5.41) is 9.32. The lowest BCUT2D eigenvalue weighted by molar-refractivity contribution is -0.147. The number of carboxylic acids is 1. The molecular weight excluding hydrogens is 298 g/mol. The van der Waals surface area contributed by atoms with Crippen molar-refractivity contribution in [2.24, 2.45) is 5.73 Å². The van der Waals surface area contributed by atoms with Gasteiger partial charge in [0.05, 0.1) is 0 Å². The highest BCUT2D eigenvalue weighted by atomic mass is 16.7. The second kappa shape index (κ2) is 5.10. The number of benzene rings is 2. The lowest BCUT2D eigenvalue weighted by Crippen LogP contribution is -2.44. The van der Waals surface area contributed by atoms with E-state index in [0.717, 1.165) is 0 Å². The number of aliphatic carboxylic acids is 1. The quantitative estimate of drug-likeness (QED) is 0.649. The van der Waals surface area contributed by atoms with Gasteiger partial charge in [0.25, 0.3) is 11.5 Å². The molecule has 0 bridgehead atoms. The molecular formula is C17H15NO5. The fourth-order valence-electron chi connectivity index (χ4n) is 2.66. The van der Waals surface area contributed by atoms with Gasteiger partial charge < -0.3 is 20.3 Å². The molecule has 2 unspecified atom stereocenters. The summed E-state index contributed by atoms with van der Waals surface area (Å²) < 4.78 is 11.0. The van der Waals surface area contributed by atoms with Gasteiger partial charge in [0.1, 0.15) is 17.1 Å². The van der Waals surface area contributed by atoms with Gasteiger partial charge in [-0.15, -0.1) is 0 Å². The van der Waals surface area contributed by atoms with Gasteiger partial charge in [0, 0.05) is 0 Å². The topological polar surface area (TPSA) is 102 Å². The number of ether oxygens (including phenoxy) is 2. The molecule has 2 atom stereocenters. The number of nitrogens with two attached hydrogens (primary N) is 1. The zero-order chi connectivity index (χ0) is 16.7. The minimum Gasteiger partial charge on any atom is -0.479 e. The Kier molecular flexibility index (Phi) is 3.34. The molecule has 0 spiro atoms. The lowest BCUT2D eigenvalue weighted by Gasteiger charge is -2.12. The minimum atomic E-state index is -2.04. The van der Waals surface area contributed by atoms with Crippen molar-refractivity contribution >= 4 is 11.9 Å². The standard InChI is InChI=1S/C17H15NO5/c1-16(17(23-16,14(18)19)15(20)21)11-6-5-9-13(10-11)22-12-7-3-2-4-8-12/h2-10H,1H3,(H2,18,19)(H,20,21). The summed E-state index contributed by atoms with van der Waals surface area (Å²) in [6, 6.07) is 15.9. The second-order valence-corrected chi connectivity index (χ2v) is 5.43. The Morgan fingerprint density at radius 1 is 1.09 bits per heavy atom. The van der Waals surface area contributed by atoms with E-state index in [4.69, 9.17) is 15.2 Å². The summed E-state index contributed by atoms with van der Waals surface area (Å²) in [4.78, 5) is 23.0. The van der Waals surface area contributed by atoms with E-state index < -0.39 is 23.1 Å². The van der Waals surface area contributed by atoms with Gasteiger partial charge in [-0.05, 0) is 36.8 Å². The van der Waals surface area contributed by atoms with Crippen molar-refractivity contribution < 1.29 is 24.2 Å². The third-order valence-corrected chi connectivity index (χ3v) is 4.00. The zero-order valence-electron chi connectivity index (χ0n) is 12.4. The van der Waals surface area contributed by atoms with Gasteiger partial charge in [-0.1, -0.05) is 30.3 Å². The number of carboxylic acid groups (broad SMARTS) is 1. The van der Waals surface area contributed by atoms with E-state index in [0.29, 0.717) is 17.1 Å². The molecule has 0 aromatic heterocycles. The fourth-order valence-corrected chi connectivity index (χ4v) is 2.66. The highest BCUT2D eigenvalue weighted by Gasteiger charge is 2.78. The molecule has 2 aromatic rings. The van der Waals surface area contributed by atoms with Crippen LogP contribution in [0.15, 0.2) is 54.6 Å². The predicted molar refractivity (Wildman–Crippen MR) is 81.0 cm³/mol. The van der Waals surface area contributed by atoms with Crippen molar-refractivity contribution in [1.29, 1.82) is 0 Å². The molecule has 0 saturated carbocycles. The Bertz CT molecular complexity index is 760. The number of para-hydroxylation sites is 1. The molecule has 23 heavy (non-hydrogen) atoms. The Labute approximate surface area is 132 Å². The van der Waals surface area contributed by atoms with Gasteiger partial charge in [-0.25, -0.2) is 4.79 Å². The van der Waals surface area contributed by atoms with Crippen LogP contribution in [-0.2, 0) is 19.9 Å². The molecule has 6 nitrogen and oxygen atoms in total. The molecule has 1 heterocycles. The van der Waals surface area contributed by atoms with Crippen molar-refractivity contribution in [2.75, 3.05) is 0 Å². The van der Waals surface area contributed by atoms with E-state index in [1.165, 1.54) is 6.92 Å². The van der Waals surface area contributed by atoms with Gasteiger partial charge in [0.15, 0.2) is 0 Å². The smallest absolute Gasteiger partial charge is 0.349 e. The number of carbonyl (C=O) groups is 2. The third kappa shape index (κ3) is 2.24. The van der Waals surface area contributed by atoms with Crippen molar-refractivity contribution in [3.05, 3.63) is 60.2 Å². The summed E-state index contributed by atoms with van der Waals surface area (Å²) >= 11 is 0. The second-order valence-electron chi connectivity index (χ2n) is 5.43. The van der Waals surface area contributed by atoms with Crippen LogP contribution in [0.2, 0.25) is 0 Å². The summed E-state index contributed by atoms with van der Waals surface area (Å²) in [7, 11) is 0. The number of primary amides is 1. The normalized spacial score (nSPS) is 25.6. The molecule has 118 valence electrons. The number of hydrogen-bond donors (Lipinski definition) is 2. The largest absolute Gasteiger partial charge is 0.479 e. The average Bonchev–Trinajstić information content (AvgIpc) is 3.18. The number of amides is 1. The van der Waals surface area contributed by atoms with Crippen molar-refractivity contribution in [2.45, 2.75) is 18.1 Å². The molecule has 0 aliphatic carbocycles. The number of rotatable bonds is 5. The number of carbonyl (C=O) groups excluding carboxylic acids is 1. The molecule has 1 aliphatic rings. The highest BCUT2D eigenvalue weighted by molar-refractivity contribution is 6.09. The fraction of sp³-hybridized carbons (Fsp3) is 0.176. The van der Waals surface area contributed by atoms with Crippen molar-refractivity contribution in [3.8, 4) is 11.5 Å². The summed E-state index contributed by atoms with van der Waals surface area (Å²) in [5.41, 5.74) is 2.38. The van der Waals surface area contributed by atoms with Crippen LogP contribution in [0.4, 0.5) is 0 Å². The maximum Gasteiger partial charge on any atom is 0.349 e. The first kappa shape index (κ1) is 15.1. The van der Waals surface area contributed by atoms with E-state index in [9.17, 15) is 14.7 Å². The van der Waals surface area contributed by atoms with Crippen LogP contribution >= 0.6 is 0 Å². The van der Waals surface area contributed by atoms with Gasteiger partial charge in [-0.2, -0.15) is 0 Å². The van der Waals surface area contributed by atoms with E-state index in [-0.39, 0.29) is 0 Å². The van der Waals surface area contributed by atoms with Crippen LogP contribution in [0.25, 0.3) is 0 Å². The van der Waals surface area contributed by atoms with Gasteiger partial charge >= 0.3 is 5.97 Å². The molecule has 6 heteroatoms. The van der Waals surface area contributed by atoms with Crippen LogP contribution in [0.3, 0.4) is 0 Å². The van der Waals surface area contributed by atoms with E-state index >= 15 is 0 Å². The molecule has 3 rings (SSSR count). The Hall–Kier alpha value is -2.86. The van der Waals surface area contributed by atoms with Crippen molar-refractivity contribution in [1.82, 2.24) is 0 Å². The van der Waals surface area contributed by atoms with E-state index in [2.05, 4.69) is 0 Å². The lowest BCUT2D eigenvalue weighted by atomic mass is 9.87. The van der Waals surface area contributed by atoms with Crippen LogP contribution in [0, 0.1) is 0 Å². The molecule has 2 aromatic carbocycles. The number of epoxide rings is 1. The first-order valence-electron chi connectivity index (χ1n) is 6.97. The minimum absolute atomic E-state index is 0.507. The summed E-state index contributed by atoms with van der Waals surface area (Å²) in [6.45, 7) is 1.52. The maximum atomic E-state index is 11.6. The third-order valence-electron chi connectivity index (χ3n) is 4.00. The monoisotopic (exact) mass is 313 g/mol. The molecule has 1 amide bonds. The molecule has 0 radical (unpaired) electrons. The van der Waals surface area contributed by atoms with Crippen LogP contribution in [0.1, 0.15) is 12.5 Å². The zero-order valence-corrected chi connectivity index (χ0v) is 12.4. The first-order chi connectivity index (χ1) is 10.9. The predicted octanol–water partition coefficient (Wildman–Crippen LogP) is 2.03. The van der Waals surface area contributed by atoms with Crippen LogP contribution < -0.4 is 10.5 Å². The SMILES string of the molecule is CC1(c2cccc(Oc3ccccc3)c2)OC1(C(N)=O)C(=O)O.